The van der Waals surface area contributed by atoms with Crippen molar-refractivity contribution in [1.29, 1.82) is 0 Å². The van der Waals surface area contributed by atoms with Crippen LogP contribution in [-0.4, -0.2) is 22.4 Å². The fourth-order valence-electron chi connectivity index (χ4n) is 2.48. The van der Waals surface area contributed by atoms with Gasteiger partial charge in [-0.1, -0.05) is 6.07 Å². The number of aromatic nitrogens is 2. The molecule has 0 bridgehead atoms. The summed E-state index contributed by atoms with van der Waals surface area (Å²) >= 11 is 0. The Balaban J connectivity index is 1.54. The van der Waals surface area contributed by atoms with Gasteiger partial charge in [-0.25, -0.2) is 13.8 Å². The van der Waals surface area contributed by atoms with Gasteiger partial charge >= 0.3 is 0 Å². The van der Waals surface area contributed by atoms with E-state index in [2.05, 4.69) is 20.6 Å². The molecule has 1 amide bonds. The second kappa shape index (κ2) is 8.84. The molecule has 138 valence electrons. The van der Waals surface area contributed by atoms with E-state index in [-0.39, 0.29) is 5.69 Å². The summed E-state index contributed by atoms with van der Waals surface area (Å²) in [5, 5.41) is 5.69. The van der Waals surface area contributed by atoms with Crippen molar-refractivity contribution in [3.05, 3.63) is 83.8 Å². The molecule has 7 heteroatoms. The van der Waals surface area contributed by atoms with Crippen molar-refractivity contribution in [2.75, 3.05) is 17.2 Å². The quantitative estimate of drug-likeness (QED) is 0.618. The van der Waals surface area contributed by atoms with E-state index in [0.717, 1.165) is 30.7 Å². The standard InChI is InChI=1S/C20H18F2N4O/c21-17-7-6-16(13-18(17)22)26-20(27)14-8-11-25-19(12-14)24-10-3-5-15-4-1-2-9-23-15/h1-2,4,6-9,11-13H,3,5,10H2,(H,24,25)(H,26,27). The summed E-state index contributed by atoms with van der Waals surface area (Å²) in [6.45, 7) is 0.678. The van der Waals surface area contributed by atoms with Crippen molar-refractivity contribution < 1.29 is 13.6 Å². The lowest BCUT2D eigenvalue weighted by atomic mass is 10.2. The zero-order chi connectivity index (χ0) is 19.1. The number of hydrogen-bond acceptors (Lipinski definition) is 4. The second-order valence-electron chi connectivity index (χ2n) is 5.86. The minimum absolute atomic E-state index is 0.181. The molecule has 3 aromatic rings. The largest absolute Gasteiger partial charge is 0.370 e. The molecule has 2 aromatic heterocycles. The van der Waals surface area contributed by atoms with Gasteiger partial charge in [-0.3, -0.25) is 9.78 Å². The van der Waals surface area contributed by atoms with Crippen LogP contribution in [0.5, 0.6) is 0 Å². The number of nitrogens with zero attached hydrogens (tertiary/aromatic N) is 2. The van der Waals surface area contributed by atoms with E-state index in [9.17, 15) is 13.6 Å². The summed E-state index contributed by atoms with van der Waals surface area (Å²) in [6.07, 6.45) is 4.98. The van der Waals surface area contributed by atoms with E-state index in [1.807, 2.05) is 18.2 Å². The molecule has 0 saturated carbocycles. The Morgan fingerprint density at radius 2 is 1.85 bits per heavy atom. The third-order valence-corrected chi connectivity index (χ3v) is 3.84. The summed E-state index contributed by atoms with van der Waals surface area (Å²) in [7, 11) is 0. The molecule has 27 heavy (non-hydrogen) atoms. The first-order valence-corrected chi connectivity index (χ1v) is 8.48. The lowest BCUT2D eigenvalue weighted by Gasteiger charge is -2.08. The van der Waals surface area contributed by atoms with Crippen LogP contribution in [0, 0.1) is 11.6 Å². The van der Waals surface area contributed by atoms with Crippen LogP contribution in [0.4, 0.5) is 20.3 Å². The molecule has 0 radical (unpaired) electrons. The summed E-state index contributed by atoms with van der Waals surface area (Å²) in [5.41, 5.74) is 1.56. The Morgan fingerprint density at radius 1 is 0.963 bits per heavy atom. The maximum Gasteiger partial charge on any atom is 0.255 e. The number of pyridine rings is 2. The highest BCUT2D eigenvalue weighted by Gasteiger charge is 2.09. The summed E-state index contributed by atoms with van der Waals surface area (Å²) < 4.78 is 26.2. The van der Waals surface area contributed by atoms with Gasteiger partial charge in [0, 0.05) is 41.9 Å². The molecule has 0 saturated heterocycles. The molecule has 0 fully saturated rings. The average molecular weight is 368 g/mol. The molecular weight excluding hydrogens is 350 g/mol. The molecule has 1 aromatic carbocycles. The smallest absolute Gasteiger partial charge is 0.255 e. The minimum Gasteiger partial charge on any atom is -0.370 e. The Morgan fingerprint density at radius 3 is 2.63 bits per heavy atom. The maximum absolute atomic E-state index is 13.2. The van der Waals surface area contributed by atoms with Crippen molar-refractivity contribution >= 4 is 17.4 Å². The first-order valence-electron chi connectivity index (χ1n) is 8.48. The fourth-order valence-corrected chi connectivity index (χ4v) is 2.48. The minimum atomic E-state index is -1.02. The van der Waals surface area contributed by atoms with Crippen LogP contribution in [0.2, 0.25) is 0 Å². The molecule has 0 unspecified atom stereocenters. The molecule has 0 aliphatic rings. The predicted molar refractivity (Wildman–Crippen MR) is 99.6 cm³/mol. The molecular formula is C20H18F2N4O. The Labute approximate surface area is 155 Å². The maximum atomic E-state index is 13.2. The first-order chi connectivity index (χ1) is 13.1. The van der Waals surface area contributed by atoms with Gasteiger partial charge in [0.15, 0.2) is 11.6 Å². The highest BCUT2D eigenvalue weighted by atomic mass is 19.2. The molecule has 5 nitrogen and oxygen atoms in total. The van der Waals surface area contributed by atoms with Crippen LogP contribution in [0.25, 0.3) is 0 Å². The number of nitrogens with one attached hydrogen (secondary N) is 2. The van der Waals surface area contributed by atoms with E-state index in [4.69, 9.17) is 0 Å². The van der Waals surface area contributed by atoms with E-state index in [1.165, 1.54) is 12.3 Å². The van der Waals surface area contributed by atoms with Gasteiger partial charge in [-0.15, -0.1) is 0 Å². The molecule has 0 aliphatic carbocycles. The van der Waals surface area contributed by atoms with Crippen LogP contribution in [-0.2, 0) is 6.42 Å². The number of carbonyl (C=O) groups excluding carboxylic acids is 1. The molecule has 3 rings (SSSR count). The third-order valence-electron chi connectivity index (χ3n) is 3.84. The lowest BCUT2D eigenvalue weighted by Crippen LogP contribution is -2.13. The third kappa shape index (κ3) is 5.31. The Hall–Kier alpha value is -3.35. The number of hydrogen-bond donors (Lipinski definition) is 2. The fraction of sp³-hybridized carbons (Fsp3) is 0.150. The van der Waals surface area contributed by atoms with Crippen LogP contribution < -0.4 is 10.6 Å². The van der Waals surface area contributed by atoms with Crippen molar-refractivity contribution in [2.45, 2.75) is 12.8 Å². The first kappa shape index (κ1) is 18.4. The summed E-state index contributed by atoms with van der Waals surface area (Å²) in [4.78, 5) is 20.7. The van der Waals surface area contributed by atoms with Gasteiger partial charge in [-0.05, 0) is 49.2 Å². The average Bonchev–Trinajstić information content (AvgIpc) is 2.69. The van der Waals surface area contributed by atoms with Gasteiger partial charge in [0.25, 0.3) is 5.91 Å². The zero-order valence-electron chi connectivity index (χ0n) is 14.5. The number of aryl methyl sites for hydroxylation is 1. The normalized spacial score (nSPS) is 10.4. The lowest BCUT2D eigenvalue weighted by molar-refractivity contribution is 0.102. The van der Waals surface area contributed by atoms with Crippen molar-refractivity contribution in [3.63, 3.8) is 0 Å². The number of carbonyl (C=O) groups is 1. The zero-order valence-corrected chi connectivity index (χ0v) is 14.5. The van der Waals surface area contributed by atoms with Gasteiger partial charge < -0.3 is 10.6 Å². The van der Waals surface area contributed by atoms with E-state index in [0.29, 0.717) is 17.9 Å². The van der Waals surface area contributed by atoms with Crippen molar-refractivity contribution in [3.8, 4) is 0 Å². The van der Waals surface area contributed by atoms with Crippen LogP contribution in [0.3, 0.4) is 0 Å². The SMILES string of the molecule is O=C(Nc1ccc(F)c(F)c1)c1ccnc(NCCCc2ccccn2)c1. The molecule has 0 atom stereocenters. The highest BCUT2D eigenvalue weighted by molar-refractivity contribution is 6.04. The topological polar surface area (TPSA) is 66.9 Å². The van der Waals surface area contributed by atoms with Gasteiger partial charge in [0.2, 0.25) is 0 Å². The van der Waals surface area contributed by atoms with Crippen LogP contribution in [0.15, 0.2) is 60.9 Å². The molecule has 0 aliphatic heterocycles. The number of amides is 1. The Bertz CT molecular complexity index is 919. The molecule has 2 N–H and O–H groups in total. The van der Waals surface area contributed by atoms with Crippen molar-refractivity contribution in [1.82, 2.24) is 9.97 Å². The second-order valence-corrected chi connectivity index (χ2v) is 5.86. The van der Waals surface area contributed by atoms with Gasteiger partial charge in [0.1, 0.15) is 5.82 Å². The molecule has 0 spiro atoms. The molecule has 2 heterocycles. The number of benzene rings is 1. The number of rotatable bonds is 7. The summed E-state index contributed by atoms with van der Waals surface area (Å²) in [5.74, 6) is -1.85. The van der Waals surface area contributed by atoms with Crippen LogP contribution in [0.1, 0.15) is 22.5 Å². The number of anilines is 2. The van der Waals surface area contributed by atoms with E-state index < -0.39 is 17.5 Å². The predicted octanol–water partition coefficient (Wildman–Crippen LogP) is 4.05. The van der Waals surface area contributed by atoms with Gasteiger partial charge in [-0.2, -0.15) is 0 Å². The van der Waals surface area contributed by atoms with Gasteiger partial charge in [0.05, 0.1) is 0 Å². The number of halogens is 2. The van der Waals surface area contributed by atoms with Crippen LogP contribution >= 0.6 is 0 Å². The van der Waals surface area contributed by atoms with E-state index >= 15 is 0 Å². The summed E-state index contributed by atoms with van der Waals surface area (Å²) in [6, 6.07) is 12.2. The monoisotopic (exact) mass is 368 g/mol. The van der Waals surface area contributed by atoms with E-state index in [1.54, 1.807) is 18.3 Å². The van der Waals surface area contributed by atoms with Crippen molar-refractivity contribution in [2.24, 2.45) is 0 Å². The highest BCUT2D eigenvalue weighted by Crippen LogP contribution is 2.15. The Kier molecular flexibility index (Phi) is 6.04.